The number of ether oxygens (including phenoxy) is 2. The number of aliphatic hydroxyl groups excluding tert-OH is 2. The van der Waals surface area contributed by atoms with Gasteiger partial charge in [-0.3, -0.25) is 0 Å². The summed E-state index contributed by atoms with van der Waals surface area (Å²) >= 11 is 0. The zero-order valence-corrected chi connectivity index (χ0v) is 16.5. The monoisotopic (exact) mass is 412 g/mol. The number of methoxy groups -OCH3 is 1. The van der Waals surface area contributed by atoms with Crippen LogP contribution in [0, 0.1) is 0 Å². The molecule has 158 valence electrons. The highest BCUT2D eigenvalue weighted by Gasteiger charge is 2.20. The highest BCUT2D eigenvalue weighted by molar-refractivity contribution is 5.94. The fraction of sp³-hybridized carbons (Fsp3) is 0.273. The number of aromatic amines is 1. The van der Waals surface area contributed by atoms with Crippen LogP contribution in [0.5, 0.6) is 0 Å². The van der Waals surface area contributed by atoms with Gasteiger partial charge in [0.25, 0.3) is 0 Å². The summed E-state index contributed by atoms with van der Waals surface area (Å²) < 4.78 is 9.78. The zero-order chi connectivity index (χ0) is 21.5. The van der Waals surface area contributed by atoms with Crippen LogP contribution in [-0.4, -0.2) is 47.0 Å². The van der Waals surface area contributed by atoms with Gasteiger partial charge in [0, 0.05) is 17.4 Å². The number of alkyl carbamates (subject to hydrolysis) is 1. The Morgan fingerprint density at radius 3 is 2.60 bits per heavy atom. The molecule has 0 radical (unpaired) electrons. The number of benzene rings is 2. The molecule has 2 aromatic carbocycles. The smallest absolute Gasteiger partial charge is 0.407 e. The maximum absolute atomic E-state index is 11.7. The summed E-state index contributed by atoms with van der Waals surface area (Å²) in [6.45, 7) is 0.296. The number of amides is 1. The Morgan fingerprint density at radius 1 is 1.10 bits per heavy atom. The van der Waals surface area contributed by atoms with Crippen molar-refractivity contribution in [2.75, 3.05) is 13.7 Å². The second-order valence-electron chi connectivity index (χ2n) is 6.81. The molecule has 0 aliphatic heterocycles. The second-order valence-corrected chi connectivity index (χ2v) is 6.81. The van der Waals surface area contributed by atoms with E-state index in [0.717, 1.165) is 10.9 Å². The lowest BCUT2D eigenvalue weighted by Crippen LogP contribution is -2.29. The summed E-state index contributed by atoms with van der Waals surface area (Å²) in [5.41, 5.74) is 2.30. The fourth-order valence-electron chi connectivity index (χ4n) is 3.02. The minimum Gasteiger partial charge on any atom is -0.464 e. The Morgan fingerprint density at radius 2 is 1.87 bits per heavy atom. The average molecular weight is 412 g/mol. The number of fused-ring (bicyclic) bond motifs is 1. The molecule has 0 bridgehead atoms. The van der Waals surface area contributed by atoms with Crippen molar-refractivity contribution in [2.45, 2.75) is 25.2 Å². The zero-order valence-electron chi connectivity index (χ0n) is 16.5. The van der Waals surface area contributed by atoms with E-state index in [-0.39, 0.29) is 19.6 Å². The Balaban J connectivity index is 1.49. The van der Waals surface area contributed by atoms with Gasteiger partial charge < -0.3 is 30.0 Å². The normalized spacial score (nSPS) is 12.9. The lowest BCUT2D eigenvalue weighted by molar-refractivity contribution is 0.0137. The molecule has 2 atom stereocenters. The Bertz CT molecular complexity index is 1000. The van der Waals surface area contributed by atoms with Crippen molar-refractivity contribution >= 4 is 23.0 Å². The van der Waals surface area contributed by atoms with E-state index in [4.69, 9.17) is 4.74 Å². The van der Waals surface area contributed by atoms with Crippen molar-refractivity contribution in [3.8, 4) is 0 Å². The van der Waals surface area contributed by atoms with Crippen molar-refractivity contribution in [2.24, 2.45) is 0 Å². The van der Waals surface area contributed by atoms with Crippen molar-refractivity contribution in [3.63, 3.8) is 0 Å². The minimum absolute atomic E-state index is 0.137. The molecule has 0 spiro atoms. The number of hydrogen-bond donors (Lipinski definition) is 4. The van der Waals surface area contributed by atoms with E-state index < -0.39 is 24.3 Å². The molecule has 1 amide bonds. The van der Waals surface area contributed by atoms with Gasteiger partial charge in [-0.2, -0.15) is 0 Å². The van der Waals surface area contributed by atoms with Crippen LogP contribution in [0.25, 0.3) is 10.9 Å². The summed E-state index contributed by atoms with van der Waals surface area (Å²) in [5.74, 6) is -0.487. The molecular formula is C22H24N2O6. The van der Waals surface area contributed by atoms with E-state index in [1.54, 1.807) is 24.3 Å². The van der Waals surface area contributed by atoms with E-state index in [1.807, 2.05) is 30.3 Å². The first-order chi connectivity index (χ1) is 14.5. The molecule has 4 N–H and O–H groups in total. The molecule has 3 rings (SSSR count). The van der Waals surface area contributed by atoms with Crippen LogP contribution in [0.2, 0.25) is 0 Å². The SMILES string of the molecule is COC(=O)c1cc2ccc(C(O)C(O)CCNC(=O)OCc3ccccc3)cc2[nH]1. The van der Waals surface area contributed by atoms with Crippen LogP contribution in [0.4, 0.5) is 4.79 Å². The van der Waals surface area contributed by atoms with Crippen LogP contribution in [0.3, 0.4) is 0 Å². The highest BCUT2D eigenvalue weighted by atomic mass is 16.5. The number of carbonyl (C=O) groups excluding carboxylic acids is 2. The van der Waals surface area contributed by atoms with Gasteiger partial charge in [0.05, 0.1) is 13.2 Å². The number of carbonyl (C=O) groups is 2. The molecule has 1 aromatic heterocycles. The highest BCUT2D eigenvalue weighted by Crippen LogP contribution is 2.24. The summed E-state index contributed by atoms with van der Waals surface area (Å²) in [6, 6.07) is 16.0. The van der Waals surface area contributed by atoms with Gasteiger partial charge in [0.1, 0.15) is 18.4 Å². The van der Waals surface area contributed by atoms with Gasteiger partial charge in [0.2, 0.25) is 0 Å². The molecule has 0 saturated carbocycles. The summed E-state index contributed by atoms with van der Waals surface area (Å²) in [6.07, 6.45) is -2.70. The largest absolute Gasteiger partial charge is 0.464 e. The number of aliphatic hydroxyl groups is 2. The molecule has 8 nitrogen and oxygen atoms in total. The van der Waals surface area contributed by atoms with E-state index >= 15 is 0 Å². The predicted molar refractivity (Wildman–Crippen MR) is 110 cm³/mol. The molecule has 0 aliphatic carbocycles. The van der Waals surface area contributed by atoms with Crippen molar-refractivity contribution in [1.82, 2.24) is 10.3 Å². The molecule has 30 heavy (non-hydrogen) atoms. The quantitative estimate of drug-likeness (QED) is 0.422. The van der Waals surface area contributed by atoms with E-state index in [1.165, 1.54) is 7.11 Å². The van der Waals surface area contributed by atoms with Crippen LogP contribution < -0.4 is 5.32 Å². The minimum atomic E-state index is -1.15. The van der Waals surface area contributed by atoms with Crippen molar-refractivity contribution in [3.05, 3.63) is 71.4 Å². The van der Waals surface area contributed by atoms with E-state index in [0.29, 0.717) is 16.8 Å². The third-order valence-electron chi connectivity index (χ3n) is 4.68. The predicted octanol–water partition coefficient (Wildman–Crippen LogP) is 2.67. The molecule has 3 aromatic rings. The number of rotatable bonds is 8. The standard InChI is InChI=1S/C22H24N2O6/c1-29-21(27)18-11-15-7-8-16(12-17(15)24-18)20(26)19(25)9-10-23-22(28)30-13-14-5-3-2-4-6-14/h2-8,11-12,19-20,24-26H,9-10,13H2,1H3,(H,23,28). The summed E-state index contributed by atoms with van der Waals surface area (Å²) in [4.78, 5) is 26.3. The van der Waals surface area contributed by atoms with Gasteiger partial charge in [-0.25, -0.2) is 9.59 Å². The number of nitrogens with one attached hydrogen (secondary N) is 2. The first-order valence-electron chi connectivity index (χ1n) is 9.49. The second kappa shape index (κ2) is 9.91. The van der Waals surface area contributed by atoms with Gasteiger partial charge in [-0.05, 0) is 29.7 Å². The van der Waals surface area contributed by atoms with Gasteiger partial charge in [-0.1, -0.05) is 42.5 Å². The van der Waals surface area contributed by atoms with Crippen molar-refractivity contribution < 1.29 is 29.3 Å². The first kappa shape index (κ1) is 21.4. The molecule has 0 saturated heterocycles. The molecule has 1 heterocycles. The molecule has 0 fully saturated rings. The van der Waals surface area contributed by atoms with E-state index in [2.05, 4.69) is 15.0 Å². The van der Waals surface area contributed by atoms with E-state index in [9.17, 15) is 19.8 Å². The van der Waals surface area contributed by atoms with Crippen LogP contribution >= 0.6 is 0 Å². The number of esters is 1. The third kappa shape index (κ3) is 5.37. The maximum atomic E-state index is 11.7. The van der Waals surface area contributed by atoms with Crippen LogP contribution in [0.1, 0.15) is 34.1 Å². The topological polar surface area (TPSA) is 121 Å². The van der Waals surface area contributed by atoms with Gasteiger partial charge in [0.15, 0.2) is 0 Å². The molecular weight excluding hydrogens is 388 g/mol. The van der Waals surface area contributed by atoms with Crippen LogP contribution in [0.15, 0.2) is 54.6 Å². The lowest BCUT2D eigenvalue weighted by atomic mass is 10.0. The Kier molecular flexibility index (Phi) is 7.05. The first-order valence-corrected chi connectivity index (χ1v) is 9.49. The van der Waals surface area contributed by atoms with Crippen LogP contribution in [-0.2, 0) is 16.1 Å². The number of hydrogen-bond acceptors (Lipinski definition) is 6. The van der Waals surface area contributed by atoms with Gasteiger partial charge >= 0.3 is 12.1 Å². The number of aromatic nitrogens is 1. The van der Waals surface area contributed by atoms with Gasteiger partial charge in [-0.15, -0.1) is 0 Å². The summed E-state index contributed by atoms with van der Waals surface area (Å²) in [7, 11) is 1.30. The third-order valence-corrected chi connectivity index (χ3v) is 4.68. The van der Waals surface area contributed by atoms with Crippen molar-refractivity contribution in [1.29, 1.82) is 0 Å². The Hall–Kier alpha value is -3.36. The average Bonchev–Trinajstić information content (AvgIpc) is 3.20. The Labute approximate surface area is 173 Å². The maximum Gasteiger partial charge on any atom is 0.407 e. The fourth-order valence-corrected chi connectivity index (χ4v) is 3.02. The molecule has 8 heteroatoms. The lowest BCUT2D eigenvalue weighted by Gasteiger charge is -2.18. The number of H-pyrrole nitrogens is 1. The molecule has 2 unspecified atom stereocenters. The summed E-state index contributed by atoms with van der Waals surface area (Å²) in [5, 5.41) is 24.0. The molecule has 0 aliphatic rings.